The molecule has 1 atom stereocenters. The van der Waals surface area contributed by atoms with Crippen molar-refractivity contribution in [2.45, 2.75) is 51.0 Å². The molecule has 74 valence electrons. The minimum Gasteiger partial charge on any atom is -0.311 e. The Hall–Kier alpha value is -0.300. The monoisotopic (exact) mass is 179 g/mol. The third kappa shape index (κ3) is 2.84. The molecule has 1 heterocycles. The molecule has 13 heavy (non-hydrogen) atoms. The highest BCUT2D eigenvalue weighted by atomic mass is 14.9. The van der Waals surface area contributed by atoms with E-state index in [-0.39, 0.29) is 0 Å². The van der Waals surface area contributed by atoms with Crippen LogP contribution in [0.5, 0.6) is 0 Å². The van der Waals surface area contributed by atoms with Crippen LogP contribution in [0.25, 0.3) is 0 Å². The van der Waals surface area contributed by atoms with Gasteiger partial charge in [-0.1, -0.05) is 31.4 Å². The lowest BCUT2D eigenvalue weighted by atomic mass is 9.89. The van der Waals surface area contributed by atoms with Crippen molar-refractivity contribution in [1.82, 2.24) is 5.32 Å². The first kappa shape index (κ1) is 9.26. The molecule has 0 radical (unpaired) electrons. The molecule has 0 aromatic heterocycles. The summed E-state index contributed by atoms with van der Waals surface area (Å²) in [7, 11) is 0. The van der Waals surface area contributed by atoms with E-state index in [4.69, 9.17) is 0 Å². The second-order valence-corrected chi connectivity index (χ2v) is 4.49. The quantitative estimate of drug-likeness (QED) is 0.643. The maximum Gasteiger partial charge on any atom is 0.0250 e. The van der Waals surface area contributed by atoms with Gasteiger partial charge in [0, 0.05) is 6.04 Å². The molecule has 1 heteroatoms. The summed E-state index contributed by atoms with van der Waals surface area (Å²) in [6.07, 6.45) is 14.8. The third-order valence-corrected chi connectivity index (χ3v) is 3.36. The molecule has 0 bridgehead atoms. The average Bonchev–Trinajstić information content (AvgIpc) is 2.69. The molecule has 0 aromatic carbocycles. The smallest absolute Gasteiger partial charge is 0.0250 e. The standard InChI is InChI=1S/C12H21N/c1-2-5-11(6-3-1)8-9-12-7-4-10-13-12/h8-9,11-13H,1-7,10H2/b9-8+. The van der Waals surface area contributed by atoms with Gasteiger partial charge in [0.05, 0.1) is 0 Å². The molecule has 1 aliphatic heterocycles. The van der Waals surface area contributed by atoms with E-state index in [1.807, 2.05) is 0 Å². The molecule has 1 unspecified atom stereocenters. The number of allylic oxidation sites excluding steroid dienone is 1. The number of hydrogen-bond donors (Lipinski definition) is 1. The summed E-state index contributed by atoms with van der Waals surface area (Å²) in [6, 6.07) is 0.696. The summed E-state index contributed by atoms with van der Waals surface area (Å²) in [5.74, 6) is 0.899. The SMILES string of the molecule is C(=C\C1CCCN1)/C1CCCCC1. The van der Waals surface area contributed by atoms with E-state index in [1.165, 1.54) is 51.5 Å². The van der Waals surface area contributed by atoms with E-state index in [0.29, 0.717) is 6.04 Å². The number of rotatable bonds is 2. The molecule has 2 aliphatic rings. The molecule has 1 N–H and O–H groups in total. The molecule has 0 amide bonds. The minimum atomic E-state index is 0.696. The summed E-state index contributed by atoms with van der Waals surface area (Å²) in [5.41, 5.74) is 0. The molecule has 1 aliphatic carbocycles. The zero-order valence-corrected chi connectivity index (χ0v) is 8.47. The van der Waals surface area contributed by atoms with Gasteiger partial charge in [-0.3, -0.25) is 0 Å². The van der Waals surface area contributed by atoms with Crippen molar-refractivity contribution < 1.29 is 0 Å². The zero-order valence-electron chi connectivity index (χ0n) is 8.47. The van der Waals surface area contributed by atoms with Crippen LogP contribution < -0.4 is 5.32 Å². The molecular formula is C12H21N. The number of hydrogen-bond acceptors (Lipinski definition) is 1. The Bertz CT molecular complexity index is 162. The summed E-state index contributed by atoms with van der Waals surface area (Å²) in [4.78, 5) is 0. The van der Waals surface area contributed by atoms with Gasteiger partial charge in [-0.05, 0) is 38.1 Å². The van der Waals surface area contributed by atoms with Gasteiger partial charge in [-0.25, -0.2) is 0 Å². The topological polar surface area (TPSA) is 12.0 Å². The van der Waals surface area contributed by atoms with Crippen LogP contribution in [0.4, 0.5) is 0 Å². The van der Waals surface area contributed by atoms with Gasteiger partial charge < -0.3 is 5.32 Å². The Morgan fingerprint density at radius 2 is 1.69 bits per heavy atom. The highest BCUT2D eigenvalue weighted by Crippen LogP contribution is 2.24. The molecule has 1 saturated heterocycles. The van der Waals surface area contributed by atoms with Gasteiger partial charge in [0.25, 0.3) is 0 Å². The predicted molar refractivity (Wildman–Crippen MR) is 56.7 cm³/mol. The first-order valence-electron chi connectivity index (χ1n) is 5.87. The van der Waals surface area contributed by atoms with Gasteiger partial charge >= 0.3 is 0 Å². The van der Waals surface area contributed by atoms with E-state index in [2.05, 4.69) is 17.5 Å². The van der Waals surface area contributed by atoms with E-state index >= 15 is 0 Å². The van der Waals surface area contributed by atoms with E-state index in [1.54, 1.807) is 0 Å². The van der Waals surface area contributed by atoms with E-state index in [9.17, 15) is 0 Å². The Morgan fingerprint density at radius 3 is 2.38 bits per heavy atom. The fraction of sp³-hybridized carbons (Fsp3) is 0.833. The highest BCUT2D eigenvalue weighted by Gasteiger charge is 2.13. The van der Waals surface area contributed by atoms with Crippen molar-refractivity contribution in [3.05, 3.63) is 12.2 Å². The lowest BCUT2D eigenvalue weighted by molar-refractivity contribution is 0.418. The molecular weight excluding hydrogens is 158 g/mol. The van der Waals surface area contributed by atoms with Crippen LogP contribution in [0.1, 0.15) is 44.9 Å². The fourth-order valence-corrected chi connectivity index (χ4v) is 2.49. The maximum absolute atomic E-state index is 3.51. The van der Waals surface area contributed by atoms with Crippen molar-refractivity contribution >= 4 is 0 Å². The molecule has 0 aromatic rings. The second-order valence-electron chi connectivity index (χ2n) is 4.49. The Balaban J connectivity index is 1.74. The minimum absolute atomic E-state index is 0.696. The van der Waals surface area contributed by atoms with Gasteiger partial charge in [0.2, 0.25) is 0 Å². The van der Waals surface area contributed by atoms with Crippen molar-refractivity contribution in [3.8, 4) is 0 Å². The lowest BCUT2D eigenvalue weighted by Gasteiger charge is -2.18. The van der Waals surface area contributed by atoms with Crippen LogP contribution in [0, 0.1) is 5.92 Å². The second kappa shape index (κ2) is 4.80. The summed E-state index contributed by atoms with van der Waals surface area (Å²) >= 11 is 0. The zero-order chi connectivity index (χ0) is 8.93. The van der Waals surface area contributed by atoms with Crippen molar-refractivity contribution in [2.75, 3.05) is 6.54 Å². The Kier molecular flexibility index (Phi) is 3.42. The van der Waals surface area contributed by atoms with Crippen molar-refractivity contribution in [3.63, 3.8) is 0 Å². The maximum atomic E-state index is 3.51. The Labute approximate surface area is 81.6 Å². The van der Waals surface area contributed by atoms with Crippen molar-refractivity contribution in [1.29, 1.82) is 0 Å². The van der Waals surface area contributed by atoms with Crippen LogP contribution in [-0.4, -0.2) is 12.6 Å². The molecule has 1 nitrogen and oxygen atoms in total. The third-order valence-electron chi connectivity index (χ3n) is 3.36. The molecule has 0 spiro atoms. The summed E-state index contributed by atoms with van der Waals surface area (Å²) < 4.78 is 0. The van der Waals surface area contributed by atoms with Gasteiger partial charge in [-0.15, -0.1) is 0 Å². The highest BCUT2D eigenvalue weighted by molar-refractivity contribution is 4.99. The van der Waals surface area contributed by atoms with Crippen LogP contribution in [0.2, 0.25) is 0 Å². The van der Waals surface area contributed by atoms with Crippen LogP contribution in [0.3, 0.4) is 0 Å². The molecule has 1 saturated carbocycles. The number of nitrogens with one attached hydrogen (secondary N) is 1. The largest absolute Gasteiger partial charge is 0.311 e. The first-order chi connectivity index (χ1) is 6.45. The predicted octanol–water partition coefficient (Wildman–Crippen LogP) is 2.87. The molecule has 2 rings (SSSR count). The average molecular weight is 179 g/mol. The first-order valence-corrected chi connectivity index (χ1v) is 5.87. The summed E-state index contributed by atoms with van der Waals surface area (Å²) in [6.45, 7) is 1.22. The Morgan fingerprint density at radius 1 is 0.846 bits per heavy atom. The van der Waals surface area contributed by atoms with Crippen LogP contribution >= 0.6 is 0 Å². The normalized spacial score (nSPS) is 31.5. The van der Waals surface area contributed by atoms with Crippen LogP contribution in [0.15, 0.2) is 12.2 Å². The fourth-order valence-electron chi connectivity index (χ4n) is 2.49. The van der Waals surface area contributed by atoms with E-state index in [0.717, 1.165) is 5.92 Å². The molecule has 2 fully saturated rings. The van der Waals surface area contributed by atoms with Gasteiger partial charge in [0.1, 0.15) is 0 Å². The summed E-state index contributed by atoms with van der Waals surface area (Å²) in [5, 5.41) is 3.51. The van der Waals surface area contributed by atoms with Crippen molar-refractivity contribution in [2.24, 2.45) is 5.92 Å². The van der Waals surface area contributed by atoms with E-state index < -0.39 is 0 Å². The lowest BCUT2D eigenvalue weighted by Crippen LogP contribution is -2.18. The van der Waals surface area contributed by atoms with Gasteiger partial charge in [0.15, 0.2) is 0 Å². The van der Waals surface area contributed by atoms with Crippen LogP contribution in [-0.2, 0) is 0 Å². The van der Waals surface area contributed by atoms with Gasteiger partial charge in [-0.2, -0.15) is 0 Å².